The summed E-state index contributed by atoms with van der Waals surface area (Å²) in [6.45, 7) is 2.78. The number of ether oxygens (including phenoxy) is 1. The van der Waals surface area contributed by atoms with Crippen LogP contribution >= 0.6 is 0 Å². The molecule has 2 atom stereocenters. The SMILES string of the molecule is CN1C(N)=NC(C)(c2cccc(-c3cccc4c3OCCC4)c2)CC1O. The number of para-hydroxylation sites is 1. The third-order valence-electron chi connectivity index (χ3n) is 5.48. The number of aliphatic hydroxyl groups excluding tert-OH is 1. The van der Waals surface area contributed by atoms with Gasteiger partial charge in [0.15, 0.2) is 5.96 Å². The Balaban J connectivity index is 1.77. The number of fused-ring (bicyclic) bond motifs is 1. The molecule has 0 saturated heterocycles. The Labute approximate surface area is 154 Å². The Morgan fingerprint density at radius 3 is 2.88 bits per heavy atom. The lowest BCUT2D eigenvalue weighted by Crippen LogP contribution is -2.50. The number of benzene rings is 2. The molecule has 136 valence electrons. The van der Waals surface area contributed by atoms with Crippen LogP contribution < -0.4 is 10.5 Å². The van der Waals surface area contributed by atoms with Gasteiger partial charge in [0.05, 0.1) is 12.1 Å². The lowest BCUT2D eigenvalue weighted by atomic mass is 9.85. The van der Waals surface area contributed by atoms with Gasteiger partial charge >= 0.3 is 0 Å². The molecule has 4 rings (SSSR count). The number of hydrogen-bond acceptors (Lipinski definition) is 5. The van der Waals surface area contributed by atoms with Crippen LogP contribution in [0.3, 0.4) is 0 Å². The molecule has 0 fully saturated rings. The Kier molecular flexibility index (Phi) is 4.11. The number of nitrogens with zero attached hydrogens (tertiary/aromatic N) is 2. The maximum absolute atomic E-state index is 10.3. The summed E-state index contributed by atoms with van der Waals surface area (Å²) in [5, 5.41) is 10.3. The van der Waals surface area contributed by atoms with E-state index in [1.165, 1.54) is 5.56 Å². The zero-order chi connectivity index (χ0) is 18.3. The van der Waals surface area contributed by atoms with Crippen molar-refractivity contribution in [3.8, 4) is 16.9 Å². The van der Waals surface area contributed by atoms with Gasteiger partial charge in [0.1, 0.15) is 12.0 Å². The maximum atomic E-state index is 10.3. The van der Waals surface area contributed by atoms with E-state index < -0.39 is 11.8 Å². The summed E-state index contributed by atoms with van der Waals surface area (Å²) in [6.07, 6.45) is 1.97. The molecule has 0 amide bonds. The van der Waals surface area contributed by atoms with Crippen molar-refractivity contribution in [1.29, 1.82) is 0 Å². The monoisotopic (exact) mass is 351 g/mol. The lowest BCUT2D eigenvalue weighted by molar-refractivity contribution is 0.0292. The van der Waals surface area contributed by atoms with E-state index in [2.05, 4.69) is 41.4 Å². The summed E-state index contributed by atoms with van der Waals surface area (Å²) < 4.78 is 5.97. The first kappa shape index (κ1) is 16.9. The number of aryl methyl sites for hydroxylation is 1. The number of aliphatic hydroxyl groups is 1. The van der Waals surface area contributed by atoms with Crippen molar-refractivity contribution in [1.82, 2.24) is 4.90 Å². The Bertz CT molecular complexity index is 864. The van der Waals surface area contributed by atoms with Crippen molar-refractivity contribution in [3.63, 3.8) is 0 Å². The molecule has 2 aromatic rings. The molecular weight excluding hydrogens is 326 g/mol. The largest absolute Gasteiger partial charge is 0.493 e. The van der Waals surface area contributed by atoms with Crippen LogP contribution in [-0.2, 0) is 12.0 Å². The van der Waals surface area contributed by atoms with Crippen LogP contribution in [0.5, 0.6) is 5.75 Å². The zero-order valence-electron chi connectivity index (χ0n) is 15.3. The van der Waals surface area contributed by atoms with Crippen molar-refractivity contribution in [3.05, 3.63) is 53.6 Å². The molecule has 5 nitrogen and oxygen atoms in total. The maximum Gasteiger partial charge on any atom is 0.193 e. The van der Waals surface area contributed by atoms with Crippen LogP contribution in [0.2, 0.25) is 0 Å². The quantitative estimate of drug-likeness (QED) is 0.873. The van der Waals surface area contributed by atoms with Crippen molar-refractivity contribution >= 4 is 5.96 Å². The molecule has 0 spiro atoms. The predicted molar refractivity (Wildman–Crippen MR) is 103 cm³/mol. The Morgan fingerprint density at radius 2 is 2.08 bits per heavy atom. The van der Waals surface area contributed by atoms with Crippen LogP contribution in [0.25, 0.3) is 11.1 Å². The molecule has 0 aromatic heterocycles. The molecule has 26 heavy (non-hydrogen) atoms. The molecular formula is C21H25N3O2. The van der Waals surface area contributed by atoms with Gasteiger partial charge in [-0.15, -0.1) is 0 Å². The van der Waals surface area contributed by atoms with Crippen LogP contribution in [-0.4, -0.2) is 35.8 Å². The van der Waals surface area contributed by atoms with Gasteiger partial charge in [0, 0.05) is 19.0 Å². The number of guanidine groups is 1. The smallest absolute Gasteiger partial charge is 0.193 e. The highest BCUT2D eigenvalue weighted by Gasteiger charge is 2.36. The van der Waals surface area contributed by atoms with Crippen molar-refractivity contribution in [2.45, 2.75) is 38.0 Å². The molecule has 2 unspecified atom stereocenters. The average Bonchev–Trinajstić information content (AvgIpc) is 2.66. The van der Waals surface area contributed by atoms with E-state index in [0.717, 1.165) is 41.9 Å². The fourth-order valence-corrected chi connectivity index (χ4v) is 3.84. The first-order valence-electron chi connectivity index (χ1n) is 9.10. The van der Waals surface area contributed by atoms with Gasteiger partial charge in [-0.1, -0.05) is 36.4 Å². The van der Waals surface area contributed by atoms with Gasteiger partial charge in [-0.05, 0) is 42.5 Å². The summed E-state index contributed by atoms with van der Waals surface area (Å²) in [5.41, 5.74) is 9.98. The number of nitrogens with two attached hydrogens (primary N) is 1. The van der Waals surface area contributed by atoms with Crippen molar-refractivity contribution < 1.29 is 9.84 Å². The minimum absolute atomic E-state index is 0.358. The molecule has 0 bridgehead atoms. The Morgan fingerprint density at radius 1 is 1.27 bits per heavy atom. The standard InChI is InChI=1S/C21H25N3O2/c1-21(13-18(25)24(2)20(22)23-21)16-9-3-7-15(12-16)17-10-4-6-14-8-5-11-26-19(14)17/h3-4,6-7,9-10,12,18,25H,5,8,11,13H2,1-2H3,(H2,22,23). The Hall–Kier alpha value is -2.53. The molecule has 2 heterocycles. The highest BCUT2D eigenvalue weighted by atomic mass is 16.5. The molecule has 2 aromatic carbocycles. The van der Waals surface area contributed by atoms with E-state index >= 15 is 0 Å². The fraction of sp³-hybridized carbons (Fsp3) is 0.381. The summed E-state index contributed by atoms with van der Waals surface area (Å²) in [4.78, 5) is 6.27. The second-order valence-electron chi connectivity index (χ2n) is 7.37. The molecule has 0 saturated carbocycles. The third-order valence-corrected chi connectivity index (χ3v) is 5.48. The highest BCUT2D eigenvalue weighted by molar-refractivity contribution is 5.79. The highest BCUT2D eigenvalue weighted by Crippen LogP contribution is 2.40. The molecule has 2 aliphatic rings. The lowest BCUT2D eigenvalue weighted by Gasteiger charge is -2.38. The first-order chi connectivity index (χ1) is 12.5. The molecule has 2 aliphatic heterocycles. The molecule has 0 aliphatic carbocycles. The van der Waals surface area contributed by atoms with Crippen LogP contribution in [0, 0.1) is 0 Å². The van der Waals surface area contributed by atoms with Gasteiger partial charge in [0.2, 0.25) is 0 Å². The van der Waals surface area contributed by atoms with E-state index in [-0.39, 0.29) is 0 Å². The van der Waals surface area contributed by atoms with Crippen molar-refractivity contribution in [2.24, 2.45) is 10.7 Å². The van der Waals surface area contributed by atoms with Gasteiger partial charge in [-0.3, -0.25) is 0 Å². The second-order valence-corrected chi connectivity index (χ2v) is 7.37. The van der Waals surface area contributed by atoms with E-state index in [1.807, 2.05) is 13.0 Å². The molecule has 0 radical (unpaired) electrons. The minimum Gasteiger partial charge on any atom is -0.493 e. The number of aliphatic imine (C=N–C) groups is 1. The zero-order valence-corrected chi connectivity index (χ0v) is 15.3. The predicted octanol–water partition coefficient (Wildman–Crippen LogP) is 2.86. The summed E-state index contributed by atoms with van der Waals surface area (Å²) in [5.74, 6) is 1.35. The van der Waals surface area contributed by atoms with Gasteiger partial charge in [-0.25, -0.2) is 4.99 Å². The van der Waals surface area contributed by atoms with Crippen molar-refractivity contribution in [2.75, 3.05) is 13.7 Å². The van der Waals surface area contributed by atoms with Gasteiger partial charge in [0.25, 0.3) is 0 Å². The van der Waals surface area contributed by atoms with E-state index in [1.54, 1.807) is 11.9 Å². The van der Waals surface area contributed by atoms with Crippen LogP contribution in [0.1, 0.15) is 30.9 Å². The molecule has 3 N–H and O–H groups in total. The topological polar surface area (TPSA) is 71.1 Å². The first-order valence-corrected chi connectivity index (χ1v) is 9.10. The summed E-state index contributed by atoms with van der Waals surface area (Å²) >= 11 is 0. The summed E-state index contributed by atoms with van der Waals surface area (Å²) in [7, 11) is 1.76. The van der Waals surface area contributed by atoms with Gasteiger partial charge < -0.3 is 20.5 Å². The van der Waals surface area contributed by atoms with Gasteiger partial charge in [-0.2, -0.15) is 0 Å². The van der Waals surface area contributed by atoms with Crippen LogP contribution in [0.4, 0.5) is 0 Å². The minimum atomic E-state index is -0.644. The number of rotatable bonds is 2. The average molecular weight is 351 g/mol. The fourth-order valence-electron chi connectivity index (χ4n) is 3.84. The van der Waals surface area contributed by atoms with E-state index in [0.29, 0.717) is 12.4 Å². The van der Waals surface area contributed by atoms with Crippen LogP contribution in [0.15, 0.2) is 47.5 Å². The molecule has 5 heteroatoms. The van der Waals surface area contributed by atoms with E-state index in [4.69, 9.17) is 10.5 Å². The number of hydrogen-bond donors (Lipinski definition) is 2. The summed E-state index contributed by atoms with van der Waals surface area (Å²) in [6, 6.07) is 14.7. The van der Waals surface area contributed by atoms with E-state index in [9.17, 15) is 5.11 Å². The third kappa shape index (κ3) is 2.82. The normalized spacial score (nSPS) is 25.3. The second kappa shape index (κ2) is 6.32.